The van der Waals surface area contributed by atoms with Gasteiger partial charge < -0.3 is 9.80 Å². The van der Waals surface area contributed by atoms with E-state index in [0.717, 1.165) is 50.2 Å². The summed E-state index contributed by atoms with van der Waals surface area (Å²) in [5.74, 6) is 1.03. The van der Waals surface area contributed by atoms with Crippen LogP contribution in [-0.4, -0.2) is 41.2 Å². The predicted molar refractivity (Wildman–Crippen MR) is 113 cm³/mol. The maximum Gasteiger partial charge on any atom is 0.263 e. The zero-order valence-corrected chi connectivity index (χ0v) is 17.3. The molecule has 0 spiro atoms. The number of fused-ring (bicyclic) bond motifs is 1. The van der Waals surface area contributed by atoms with Gasteiger partial charge in [-0.1, -0.05) is 37.3 Å². The highest BCUT2D eigenvalue weighted by molar-refractivity contribution is 7.14. The Morgan fingerprint density at radius 2 is 1.82 bits per heavy atom. The van der Waals surface area contributed by atoms with Crippen molar-refractivity contribution in [1.29, 1.82) is 0 Å². The van der Waals surface area contributed by atoms with Crippen LogP contribution in [-0.2, 0) is 24.2 Å². The minimum atomic E-state index is 0.172. The van der Waals surface area contributed by atoms with E-state index in [4.69, 9.17) is 0 Å². The molecule has 28 heavy (non-hydrogen) atoms. The van der Waals surface area contributed by atoms with Crippen LogP contribution in [0.4, 0.5) is 0 Å². The fourth-order valence-corrected chi connectivity index (χ4v) is 5.45. The number of benzene rings is 1. The van der Waals surface area contributed by atoms with Gasteiger partial charge in [-0.3, -0.25) is 9.59 Å². The van der Waals surface area contributed by atoms with Gasteiger partial charge in [-0.25, -0.2) is 0 Å². The number of carbonyl (C=O) groups excluding carboxylic acids is 2. The van der Waals surface area contributed by atoms with E-state index in [1.54, 1.807) is 11.3 Å². The van der Waals surface area contributed by atoms with E-state index in [9.17, 15) is 9.59 Å². The molecule has 0 bridgehead atoms. The first-order valence-electron chi connectivity index (χ1n) is 10.4. The Morgan fingerprint density at radius 1 is 1.07 bits per heavy atom. The van der Waals surface area contributed by atoms with E-state index < -0.39 is 0 Å². The molecule has 4 rings (SSSR count). The number of hydrogen-bond acceptors (Lipinski definition) is 3. The van der Waals surface area contributed by atoms with E-state index in [1.165, 1.54) is 16.0 Å². The van der Waals surface area contributed by atoms with Crippen LogP contribution in [0.2, 0.25) is 0 Å². The lowest BCUT2D eigenvalue weighted by Crippen LogP contribution is -2.38. The molecular weight excluding hydrogens is 368 g/mol. The Bertz CT molecular complexity index is 838. The second-order valence-electron chi connectivity index (χ2n) is 7.90. The number of rotatable bonds is 4. The Morgan fingerprint density at radius 3 is 2.54 bits per heavy atom. The number of carbonyl (C=O) groups is 2. The Hall–Kier alpha value is -2.14. The summed E-state index contributed by atoms with van der Waals surface area (Å²) in [6, 6.07) is 12.7. The molecule has 4 nitrogen and oxygen atoms in total. The lowest BCUT2D eigenvalue weighted by molar-refractivity contribution is -0.131. The van der Waals surface area contributed by atoms with Gasteiger partial charge in [0.25, 0.3) is 5.91 Å². The van der Waals surface area contributed by atoms with Crippen LogP contribution in [0.1, 0.15) is 51.9 Å². The number of thiophene rings is 1. The second-order valence-corrected chi connectivity index (χ2v) is 9.04. The van der Waals surface area contributed by atoms with Crippen LogP contribution in [0, 0.1) is 5.92 Å². The van der Waals surface area contributed by atoms with Crippen molar-refractivity contribution in [2.45, 2.75) is 45.6 Å². The molecule has 148 valence electrons. The molecule has 1 fully saturated rings. The predicted octanol–water partition coefficient (Wildman–Crippen LogP) is 4.14. The smallest absolute Gasteiger partial charge is 0.263 e. The van der Waals surface area contributed by atoms with E-state index in [0.29, 0.717) is 18.9 Å². The van der Waals surface area contributed by atoms with Crippen molar-refractivity contribution in [2.75, 3.05) is 19.6 Å². The van der Waals surface area contributed by atoms with E-state index >= 15 is 0 Å². The lowest BCUT2D eigenvalue weighted by Gasteiger charge is -2.31. The molecule has 1 aromatic heterocycles. The molecule has 1 aromatic carbocycles. The molecule has 2 aliphatic rings. The minimum Gasteiger partial charge on any atom is -0.338 e. The fourth-order valence-electron chi connectivity index (χ4n) is 4.32. The van der Waals surface area contributed by atoms with Crippen LogP contribution >= 0.6 is 11.3 Å². The number of piperidine rings is 1. The molecule has 0 atom stereocenters. The quantitative estimate of drug-likeness (QED) is 0.779. The highest BCUT2D eigenvalue weighted by Gasteiger charge is 2.28. The second kappa shape index (κ2) is 8.48. The van der Waals surface area contributed by atoms with Gasteiger partial charge in [0, 0.05) is 37.5 Å². The van der Waals surface area contributed by atoms with E-state index in [2.05, 4.69) is 30.3 Å². The van der Waals surface area contributed by atoms with Crippen LogP contribution in [0.3, 0.4) is 0 Å². The first kappa shape index (κ1) is 19.2. The van der Waals surface area contributed by atoms with E-state index in [1.807, 2.05) is 22.8 Å². The number of likely N-dealkylation sites (tertiary alicyclic amines) is 1. The van der Waals surface area contributed by atoms with Gasteiger partial charge in [-0.15, -0.1) is 11.3 Å². The monoisotopic (exact) mass is 396 g/mol. The first-order chi connectivity index (χ1) is 13.6. The highest BCUT2D eigenvalue weighted by Crippen LogP contribution is 2.30. The van der Waals surface area contributed by atoms with Crippen molar-refractivity contribution in [3.63, 3.8) is 0 Å². The van der Waals surface area contributed by atoms with Gasteiger partial charge in [-0.2, -0.15) is 0 Å². The van der Waals surface area contributed by atoms with Gasteiger partial charge in [-0.05, 0) is 48.8 Å². The van der Waals surface area contributed by atoms with Crippen molar-refractivity contribution >= 4 is 23.2 Å². The number of hydrogen-bond donors (Lipinski definition) is 0. The summed E-state index contributed by atoms with van der Waals surface area (Å²) in [5.41, 5.74) is 2.56. The molecule has 0 radical (unpaired) electrons. The molecule has 2 amide bonds. The largest absolute Gasteiger partial charge is 0.338 e. The van der Waals surface area contributed by atoms with E-state index in [-0.39, 0.29) is 11.8 Å². The molecule has 5 heteroatoms. The molecule has 2 aliphatic heterocycles. The SMILES string of the molecule is CCC(=O)N1CCc2sc(C(=O)N3CCC(Cc4ccccc4)CC3)cc2C1. The van der Waals surface area contributed by atoms with Crippen LogP contribution in [0.25, 0.3) is 0 Å². The van der Waals surface area contributed by atoms with Gasteiger partial charge in [0.15, 0.2) is 0 Å². The Kier molecular flexibility index (Phi) is 5.81. The summed E-state index contributed by atoms with van der Waals surface area (Å²) in [6.45, 7) is 5.03. The van der Waals surface area contributed by atoms with Crippen molar-refractivity contribution < 1.29 is 9.59 Å². The van der Waals surface area contributed by atoms with Gasteiger partial charge in [0.05, 0.1) is 4.88 Å². The molecule has 0 unspecified atom stereocenters. The Balaban J connectivity index is 1.35. The third-order valence-corrected chi connectivity index (χ3v) is 7.23. The summed E-state index contributed by atoms with van der Waals surface area (Å²) in [4.78, 5) is 31.1. The zero-order chi connectivity index (χ0) is 19.5. The van der Waals surface area contributed by atoms with Crippen molar-refractivity contribution in [2.24, 2.45) is 5.92 Å². The zero-order valence-electron chi connectivity index (χ0n) is 16.5. The third-order valence-electron chi connectivity index (χ3n) is 6.00. The average Bonchev–Trinajstić information content (AvgIpc) is 3.17. The molecule has 2 aromatic rings. The lowest BCUT2D eigenvalue weighted by atomic mass is 9.90. The maximum absolute atomic E-state index is 13.0. The first-order valence-corrected chi connectivity index (χ1v) is 11.2. The molecule has 0 aliphatic carbocycles. The summed E-state index contributed by atoms with van der Waals surface area (Å²) in [6.07, 6.45) is 4.67. The number of nitrogens with zero attached hydrogens (tertiary/aromatic N) is 2. The van der Waals surface area contributed by atoms with Crippen LogP contribution in [0.15, 0.2) is 36.4 Å². The van der Waals surface area contributed by atoms with Crippen molar-refractivity contribution in [3.05, 3.63) is 57.3 Å². The standard InChI is InChI=1S/C23H28N2O2S/c1-2-22(26)25-13-10-20-19(16-25)15-21(28-20)23(27)24-11-8-18(9-12-24)14-17-6-4-3-5-7-17/h3-7,15,18H,2,8-14,16H2,1H3. The average molecular weight is 397 g/mol. The number of amides is 2. The summed E-state index contributed by atoms with van der Waals surface area (Å²) >= 11 is 1.63. The molecule has 0 N–H and O–H groups in total. The summed E-state index contributed by atoms with van der Waals surface area (Å²) in [7, 11) is 0. The molecule has 0 saturated carbocycles. The summed E-state index contributed by atoms with van der Waals surface area (Å²) < 4.78 is 0. The van der Waals surface area contributed by atoms with Crippen molar-refractivity contribution in [1.82, 2.24) is 9.80 Å². The minimum absolute atomic E-state index is 0.172. The van der Waals surface area contributed by atoms with Crippen LogP contribution < -0.4 is 0 Å². The normalized spacial score (nSPS) is 17.5. The van der Waals surface area contributed by atoms with Gasteiger partial charge in [0.2, 0.25) is 5.91 Å². The van der Waals surface area contributed by atoms with Crippen LogP contribution in [0.5, 0.6) is 0 Å². The molecule has 1 saturated heterocycles. The van der Waals surface area contributed by atoms with Gasteiger partial charge in [0.1, 0.15) is 0 Å². The third kappa shape index (κ3) is 4.14. The van der Waals surface area contributed by atoms with Gasteiger partial charge >= 0.3 is 0 Å². The topological polar surface area (TPSA) is 40.6 Å². The van der Waals surface area contributed by atoms with Crippen molar-refractivity contribution in [3.8, 4) is 0 Å². The molecular formula is C23H28N2O2S. The summed E-state index contributed by atoms with van der Waals surface area (Å²) in [5, 5.41) is 0. The highest BCUT2D eigenvalue weighted by atomic mass is 32.1. The maximum atomic E-state index is 13.0. The fraction of sp³-hybridized carbons (Fsp3) is 0.478. The molecule has 3 heterocycles. The Labute approximate surface area is 171 Å².